The van der Waals surface area contributed by atoms with Gasteiger partial charge in [-0.2, -0.15) is 0 Å². The van der Waals surface area contributed by atoms with E-state index >= 15 is 0 Å². The van der Waals surface area contributed by atoms with Crippen molar-refractivity contribution in [2.24, 2.45) is 11.7 Å². The van der Waals surface area contributed by atoms with Crippen molar-refractivity contribution in [1.82, 2.24) is 4.57 Å². The zero-order chi connectivity index (χ0) is 22.0. The predicted molar refractivity (Wildman–Crippen MR) is 117 cm³/mol. The van der Waals surface area contributed by atoms with Gasteiger partial charge in [0.15, 0.2) is 5.43 Å². The SMILES string of the molecule is CCOC(=O)c1cn2c(cc1=O)-c1cc(OC)c(/C(C=N)=C/N)cc1CC2C(C)C. The van der Waals surface area contributed by atoms with Gasteiger partial charge in [0.1, 0.15) is 11.3 Å². The standard InChI is InChI=1S/C23H27N3O4/c1-5-30-23(28)18-12-26-19(13(2)3)7-14-6-17(15(10-24)11-25)22(29-4)8-16(14)20(26)9-21(18)27/h6,8-13,19,24H,5,7,25H2,1-4H3/b15-11+,24-10?. The second-order valence-electron chi connectivity index (χ2n) is 7.56. The summed E-state index contributed by atoms with van der Waals surface area (Å²) in [5.41, 5.74) is 9.27. The van der Waals surface area contributed by atoms with Crippen LogP contribution < -0.4 is 15.9 Å². The lowest BCUT2D eigenvalue weighted by molar-refractivity contribution is 0.0523. The second-order valence-corrected chi connectivity index (χ2v) is 7.56. The summed E-state index contributed by atoms with van der Waals surface area (Å²) >= 11 is 0. The molecule has 3 rings (SSSR count). The van der Waals surface area contributed by atoms with Crippen LogP contribution in [0, 0.1) is 11.3 Å². The molecule has 1 aromatic carbocycles. The number of aromatic nitrogens is 1. The Labute approximate surface area is 175 Å². The van der Waals surface area contributed by atoms with Crippen molar-refractivity contribution in [2.75, 3.05) is 13.7 Å². The highest BCUT2D eigenvalue weighted by molar-refractivity contribution is 6.09. The molecule has 1 unspecified atom stereocenters. The molecule has 158 valence electrons. The van der Waals surface area contributed by atoms with Crippen molar-refractivity contribution in [3.05, 3.63) is 57.5 Å². The van der Waals surface area contributed by atoms with Crippen molar-refractivity contribution in [1.29, 1.82) is 5.41 Å². The van der Waals surface area contributed by atoms with Gasteiger partial charge in [-0.3, -0.25) is 4.79 Å². The number of benzene rings is 1. The number of allylic oxidation sites excluding steroid dienone is 1. The molecule has 2 aromatic rings. The maximum Gasteiger partial charge on any atom is 0.343 e. The van der Waals surface area contributed by atoms with Gasteiger partial charge in [-0.05, 0) is 37.0 Å². The first-order valence-corrected chi connectivity index (χ1v) is 9.93. The van der Waals surface area contributed by atoms with Gasteiger partial charge in [-0.15, -0.1) is 0 Å². The minimum atomic E-state index is -0.609. The van der Waals surface area contributed by atoms with Gasteiger partial charge in [0.05, 0.1) is 19.4 Å². The smallest absolute Gasteiger partial charge is 0.343 e. The molecule has 1 atom stereocenters. The van der Waals surface area contributed by atoms with E-state index in [1.807, 2.05) is 16.7 Å². The number of carbonyl (C=O) groups is 1. The molecule has 2 heterocycles. The van der Waals surface area contributed by atoms with Crippen LogP contribution in [0.15, 0.2) is 35.4 Å². The van der Waals surface area contributed by atoms with Gasteiger partial charge in [-0.1, -0.05) is 13.8 Å². The summed E-state index contributed by atoms with van der Waals surface area (Å²) in [6.45, 7) is 6.13. The lowest BCUT2D eigenvalue weighted by Gasteiger charge is -2.34. The van der Waals surface area contributed by atoms with Gasteiger partial charge in [0.2, 0.25) is 0 Å². The maximum atomic E-state index is 12.7. The molecule has 1 aliphatic heterocycles. The third-order valence-corrected chi connectivity index (χ3v) is 5.48. The Morgan fingerprint density at radius 2 is 2.07 bits per heavy atom. The third-order valence-electron chi connectivity index (χ3n) is 5.48. The molecule has 1 aromatic heterocycles. The molecule has 0 radical (unpaired) electrons. The Morgan fingerprint density at radius 1 is 1.33 bits per heavy atom. The van der Waals surface area contributed by atoms with Gasteiger partial charge >= 0.3 is 5.97 Å². The Morgan fingerprint density at radius 3 is 2.63 bits per heavy atom. The predicted octanol–water partition coefficient (Wildman–Crippen LogP) is 3.40. The first-order chi connectivity index (χ1) is 14.4. The number of hydrogen-bond donors (Lipinski definition) is 2. The van der Waals surface area contributed by atoms with Gasteiger partial charge in [-0.25, -0.2) is 4.79 Å². The lowest BCUT2D eigenvalue weighted by Crippen LogP contribution is -2.28. The van der Waals surface area contributed by atoms with E-state index in [0.29, 0.717) is 17.7 Å². The summed E-state index contributed by atoms with van der Waals surface area (Å²) < 4.78 is 12.6. The highest BCUT2D eigenvalue weighted by atomic mass is 16.5. The van der Waals surface area contributed by atoms with E-state index in [1.165, 1.54) is 18.5 Å². The molecule has 0 amide bonds. The molecule has 7 heteroatoms. The summed E-state index contributed by atoms with van der Waals surface area (Å²) in [5, 5.41) is 7.64. The topological polar surface area (TPSA) is 107 Å². The zero-order valence-electron chi connectivity index (χ0n) is 17.7. The fraction of sp³-hybridized carbons (Fsp3) is 0.348. The zero-order valence-corrected chi connectivity index (χ0v) is 17.7. The number of carbonyl (C=O) groups excluding carboxylic acids is 1. The Bertz CT molecular complexity index is 1080. The van der Waals surface area contributed by atoms with E-state index in [-0.39, 0.29) is 29.6 Å². The number of rotatable bonds is 6. The normalized spacial score (nSPS) is 15.4. The molecular weight excluding hydrogens is 382 g/mol. The summed E-state index contributed by atoms with van der Waals surface area (Å²) in [5.74, 6) is 0.209. The average Bonchev–Trinajstić information content (AvgIpc) is 2.73. The van der Waals surface area contributed by atoms with Crippen LogP contribution in [0.4, 0.5) is 0 Å². The van der Waals surface area contributed by atoms with E-state index in [1.54, 1.807) is 20.2 Å². The molecule has 0 bridgehead atoms. The minimum Gasteiger partial charge on any atom is -0.496 e. The second kappa shape index (κ2) is 8.57. The number of nitrogens with one attached hydrogen (secondary N) is 1. The van der Waals surface area contributed by atoms with Crippen LogP contribution in [0.2, 0.25) is 0 Å². The van der Waals surface area contributed by atoms with Crippen molar-refractivity contribution in [3.8, 4) is 17.0 Å². The molecule has 0 saturated carbocycles. The van der Waals surface area contributed by atoms with E-state index in [4.69, 9.17) is 20.6 Å². The Kier molecular flexibility index (Phi) is 6.10. The van der Waals surface area contributed by atoms with Crippen LogP contribution in [0.3, 0.4) is 0 Å². The number of ether oxygens (including phenoxy) is 2. The van der Waals surface area contributed by atoms with Crippen molar-refractivity contribution in [2.45, 2.75) is 33.2 Å². The molecule has 7 nitrogen and oxygen atoms in total. The average molecular weight is 409 g/mol. The number of methoxy groups -OCH3 is 1. The molecule has 30 heavy (non-hydrogen) atoms. The molecule has 1 aliphatic rings. The van der Waals surface area contributed by atoms with Crippen molar-refractivity contribution in [3.63, 3.8) is 0 Å². The maximum absolute atomic E-state index is 12.7. The van der Waals surface area contributed by atoms with Gasteiger partial charge < -0.3 is 25.2 Å². The summed E-state index contributed by atoms with van der Waals surface area (Å²) in [6, 6.07) is 5.38. The molecule has 0 aliphatic carbocycles. The summed E-state index contributed by atoms with van der Waals surface area (Å²) in [7, 11) is 1.56. The summed E-state index contributed by atoms with van der Waals surface area (Å²) in [4.78, 5) is 25.0. The van der Waals surface area contributed by atoms with E-state index in [9.17, 15) is 9.59 Å². The third kappa shape index (κ3) is 3.63. The largest absolute Gasteiger partial charge is 0.496 e. The minimum absolute atomic E-state index is 0.0374. The molecule has 0 spiro atoms. The molecule has 0 fully saturated rings. The quantitative estimate of drug-likeness (QED) is 0.562. The number of pyridine rings is 1. The fourth-order valence-corrected chi connectivity index (χ4v) is 3.92. The van der Waals surface area contributed by atoms with Gasteiger partial charge in [0.25, 0.3) is 0 Å². The number of hydrogen-bond acceptors (Lipinski definition) is 6. The Hall–Kier alpha value is -3.35. The summed E-state index contributed by atoms with van der Waals surface area (Å²) in [6.07, 6.45) is 4.89. The van der Waals surface area contributed by atoms with Crippen molar-refractivity contribution < 1.29 is 14.3 Å². The van der Waals surface area contributed by atoms with Crippen LogP contribution in [0.1, 0.15) is 48.3 Å². The monoisotopic (exact) mass is 409 g/mol. The lowest BCUT2D eigenvalue weighted by atomic mass is 9.85. The first-order valence-electron chi connectivity index (χ1n) is 9.93. The van der Waals surface area contributed by atoms with Crippen LogP contribution in [-0.2, 0) is 11.2 Å². The van der Waals surface area contributed by atoms with Crippen LogP contribution >= 0.6 is 0 Å². The van der Waals surface area contributed by atoms with Crippen LogP contribution in [-0.4, -0.2) is 30.5 Å². The molecule has 3 N–H and O–H groups in total. The molecular formula is C23H27N3O4. The number of nitrogens with zero attached hydrogens (tertiary/aromatic N) is 1. The molecule has 0 saturated heterocycles. The van der Waals surface area contributed by atoms with E-state index in [2.05, 4.69) is 13.8 Å². The van der Waals surface area contributed by atoms with E-state index in [0.717, 1.165) is 22.4 Å². The Balaban J connectivity index is 2.28. The van der Waals surface area contributed by atoms with E-state index < -0.39 is 5.97 Å². The fourth-order valence-electron chi connectivity index (χ4n) is 3.92. The van der Waals surface area contributed by atoms with Crippen molar-refractivity contribution >= 4 is 17.8 Å². The van der Waals surface area contributed by atoms with Crippen LogP contribution in [0.5, 0.6) is 5.75 Å². The highest BCUT2D eigenvalue weighted by Crippen LogP contribution is 2.41. The van der Waals surface area contributed by atoms with Gasteiger partial charge in [0, 0.05) is 47.4 Å². The number of esters is 1. The number of fused-ring (bicyclic) bond motifs is 3. The highest BCUT2D eigenvalue weighted by Gasteiger charge is 2.29. The van der Waals surface area contributed by atoms with Crippen LogP contribution in [0.25, 0.3) is 16.8 Å². The number of nitrogens with two attached hydrogens (primary N) is 1. The first kappa shape index (κ1) is 21.4.